The fraction of sp³-hybridized carbons (Fsp3) is 0.500. The van der Waals surface area contributed by atoms with Crippen LogP contribution in [0.4, 0.5) is 0 Å². The van der Waals surface area contributed by atoms with Gasteiger partial charge in [0.25, 0.3) is 0 Å². The van der Waals surface area contributed by atoms with Gasteiger partial charge in [-0.2, -0.15) is 0 Å². The van der Waals surface area contributed by atoms with Crippen molar-refractivity contribution in [3.8, 4) is 0 Å². The summed E-state index contributed by atoms with van der Waals surface area (Å²) >= 11 is 0. The molecule has 1 saturated heterocycles. The topological polar surface area (TPSA) is 94.1 Å². The van der Waals surface area contributed by atoms with Crippen molar-refractivity contribution in [2.45, 2.75) is 32.7 Å². The zero-order valence-corrected chi connectivity index (χ0v) is 16.3. The molecule has 27 heavy (non-hydrogen) atoms. The Labute approximate surface area is 159 Å². The predicted octanol–water partition coefficient (Wildman–Crippen LogP) is 1.75. The lowest BCUT2D eigenvalue weighted by atomic mass is 9.79. The molecule has 1 aromatic carbocycles. The van der Waals surface area contributed by atoms with E-state index in [4.69, 9.17) is 9.47 Å². The van der Waals surface area contributed by atoms with Crippen LogP contribution in [-0.4, -0.2) is 43.4 Å². The van der Waals surface area contributed by atoms with Gasteiger partial charge >= 0.3 is 11.9 Å². The van der Waals surface area contributed by atoms with Gasteiger partial charge < -0.3 is 14.8 Å². The number of amides is 1. The quantitative estimate of drug-likeness (QED) is 0.626. The number of aliphatic imine (C=N–C) groups is 1. The van der Waals surface area contributed by atoms with Crippen LogP contribution in [0.2, 0.25) is 0 Å². The number of hydrogen-bond acceptors (Lipinski definition) is 6. The van der Waals surface area contributed by atoms with E-state index >= 15 is 0 Å². The maximum Gasteiger partial charge on any atom is 0.320 e. The highest BCUT2D eigenvalue weighted by atomic mass is 16.5. The van der Waals surface area contributed by atoms with E-state index in [1.807, 2.05) is 51.1 Å². The van der Waals surface area contributed by atoms with Gasteiger partial charge in [-0.25, -0.2) is 0 Å². The number of methoxy groups -OCH3 is 2. The van der Waals surface area contributed by atoms with Gasteiger partial charge in [-0.05, 0) is 32.8 Å². The van der Waals surface area contributed by atoms with Crippen LogP contribution in [0.15, 0.2) is 35.3 Å². The minimum Gasteiger partial charge on any atom is -0.468 e. The predicted molar refractivity (Wildman–Crippen MR) is 100.0 cm³/mol. The summed E-state index contributed by atoms with van der Waals surface area (Å²) in [4.78, 5) is 41.9. The molecule has 1 fully saturated rings. The first-order valence-corrected chi connectivity index (χ1v) is 8.78. The molecule has 0 spiro atoms. The van der Waals surface area contributed by atoms with Crippen molar-refractivity contribution >= 4 is 23.7 Å². The smallest absolute Gasteiger partial charge is 0.320 e. The highest BCUT2D eigenvalue weighted by Crippen LogP contribution is 2.33. The van der Waals surface area contributed by atoms with Gasteiger partial charge in [0.1, 0.15) is 5.84 Å². The summed E-state index contributed by atoms with van der Waals surface area (Å²) in [7, 11) is 2.36. The number of nitrogens with zero attached hydrogens (tertiary/aromatic N) is 1. The van der Waals surface area contributed by atoms with E-state index in [1.54, 1.807) is 0 Å². The van der Waals surface area contributed by atoms with E-state index in [-0.39, 0.29) is 0 Å². The first-order chi connectivity index (χ1) is 12.7. The summed E-state index contributed by atoms with van der Waals surface area (Å²) in [5.74, 6) is -4.32. The lowest BCUT2D eigenvalue weighted by Crippen LogP contribution is -2.40. The maximum absolute atomic E-state index is 12.7. The average Bonchev–Trinajstić information content (AvgIpc) is 2.89. The molecular weight excluding hydrogens is 348 g/mol. The summed E-state index contributed by atoms with van der Waals surface area (Å²) in [6.45, 7) is 5.74. The summed E-state index contributed by atoms with van der Waals surface area (Å²) in [5.41, 5.74) is 0.539. The Bertz CT molecular complexity index is 720. The number of hydrogen-bond donors (Lipinski definition) is 1. The highest BCUT2D eigenvalue weighted by Gasteiger charge is 2.51. The van der Waals surface area contributed by atoms with Gasteiger partial charge in [0.2, 0.25) is 5.91 Å². The number of amidine groups is 1. The SMILES string of the molecule is COC(=O)C(C(=O)OC)C1C(=O)NC(=NC(C)(C)C)C1Cc1ccccc1. The first kappa shape index (κ1) is 20.6. The van der Waals surface area contributed by atoms with Crippen molar-refractivity contribution in [2.75, 3.05) is 14.2 Å². The van der Waals surface area contributed by atoms with Crippen LogP contribution in [0.1, 0.15) is 26.3 Å². The number of nitrogens with one attached hydrogen (secondary N) is 1. The third-order valence-corrected chi connectivity index (χ3v) is 4.36. The van der Waals surface area contributed by atoms with Crippen LogP contribution in [0.5, 0.6) is 0 Å². The molecule has 0 bridgehead atoms. The van der Waals surface area contributed by atoms with Crippen molar-refractivity contribution in [2.24, 2.45) is 22.7 Å². The van der Waals surface area contributed by atoms with Crippen molar-refractivity contribution in [1.82, 2.24) is 5.32 Å². The minimum atomic E-state index is -1.35. The molecule has 2 rings (SSSR count). The van der Waals surface area contributed by atoms with Crippen LogP contribution < -0.4 is 5.32 Å². The molecule has 7 heteroatoms. The monoisotopic (exact) mass is 374 g/mol. The second-order valence-electron chi connectivity index (χ2n) is 7.50. The molecule has 1 aliphatic rings. The number of esters is 2. The standard InChI is InChI=1S/C20H26N2O5/c1-20(2,3)22-16-13(11-12-9-7-6-8-10-12)14(17(23)21-16)15(18(24)26-4)19(25)27-5/h6-10,13-15H,11H2,1-5H3,(H,21,22,23). The van der Waals surface area contributed by atoms with Gasteiger partial charge in [-0.15, -0.1) is 0 Å². The maximum atomic E-state index is 12.7. The Morgan fingerprint density at radius 3 is 2.15 bits per heavy atom. The van der Waals surface area contributed by atoms with Crippen molar-refractivity contribution < 1.29 is 23.9 Å². The van der Waals surface area contributed by atoms with Crippen molar-refractivity contribution in [3.05, 3.63) is 35.9 Å². The molecule has 2 atom stereocenters. The van der Waals surface area contributed by atoms with Crippen LogP contribution >= 0.6 is 0 Å². The lowest BCUT2D eigenvalue weighted by molar-refractivity contribution is -0.164. The third kappa shape index (κ3) is 4.93. The summed E-state index contributed by atoms with van der Waals surface area (Å²) in [5, 5.41) is 2.76. The number of benzene rings is 1. The fourth-order valence-electron chi connectivity index (χ4n) is 3.25. The molecule has 0 saturated carbocycles. The Balaban J connectivity index is 2.51. The lowest BCUT2D eigenvalue weighted by Gasteiger charge is -2.24. The second-order valence-corrected chi connectivity index (χ2v) is 7.50. The van der Waals surface area contributed by atoms with Gasteiger partial charge in [-0.1, -0.05) is 30.3 Å². The van der Waals surface area contributed by atoms with Gasteiger partial charge in [0.15, 0.2) is 5.92 Å². The molecular formula is C20H26N2O5. The van der Waals surface area contributed by atoms with Gasteiger partial charge in [0, 0.05) is 5.92 Å². The Morgan fingerprint density at radius 1 is 1.11 bits per heavy atom. The third-order valence-electron chi connectivity index (χ3n) is 4.36. The highest BCUT2D eigenvalue weighted by molar-refractivity contribution is 6.12. The molecule has 1 aromatic rings. The Morgan fingerprint density at radius 2 is 1.67 bits per heavy atom. The summed E-state index contributed by atoms with van der Waals surface area (Å²) < 4.78 is 9.54. The zero-order valence-electron chi connectivity index (χ0n) is 16.3. The van der Waals surface area contributed by atoms with Crippen LogP contribution in [0, 0.1) is 17.8 Å². The molecule has 1 N–H and O–H groups in total. The molecule has 146 valence electrons. The largest absolute Gasteiger partial charge is 0.468 e. The van der Waals surface area contributed by atoms with Crippen molar-refractivity contribution in [1.29, 1.82) is 0 Å². The summed E-state index contributed by atoms with van der Waals surface area (Å²) in [6.07, 6.45) is 0.448. The normalized spacial score (nSPS) is 21.3. The van der Waals surface area contributed by atoms with E-state index < -0.39 is 41.1 Å². The van der Waals surface area contributed by atoms with Crippen LogP contribution in [-0.2, 0) is 30.3 Å². The Kier molecular flexibility index (Phi) is 6.36. The van der Waals surface area contributed by atoms with E-state index in [1.165, 1.54) is 14.2 Å². The number of rotatable bonds is 5. The number of carbonyl (C=O) groups is 3. The van der Waals surface area contributed by atoms with Gasteiger partial charge in [-0.3, -0.25) is 19.4 Å². The molecule has 1 amide bonds. The minimum absolute atomic E-state index is 0.431. The fourth-order valence-corrected chi connectivity index (χ4v) is 3.25. The average molecular weight is 374 g/mol. The van der Waals surface area contributed by atoms with E-state index in [2.05, 4.69) is 10.3 Å². The van der Waals surface area contributed by atoms with Crippen molar-refractivity contribution in [3.63, 3.8) is 0 Å². The van der Waals surface area contributed by atoms with Crippen LogP contribution in [0.25, 0.3) is 0 Å². The second kappa shape index (κ2) is 8.33. The van der Waals surface area contributed by atoms with E-state index in [0.717, 1.165) is 5.56 Å². The molecule has 7 nitrogen and oxygen atoms in total. The zero-order chi connectivity index (χ0) is 20.2. The molecule has 1 heterocycles. The molecule has 2 unspecified atom stereocenters. The number of carbonyl (C=O) groups excluding carboxylic acids is 3. The molecule has 0 aliphatic carbocycles. The summed E-state index contributed by atoms with van der Waals surface area (Å²) in [6, 6.07) is 9.55. The number of ether oxygens (including phenoxy) is 2. The molecule has 0 aromatic heterocycles. The molecule has 1 aliphatic heterocycles. The molecule has 0 radical (unpaired) electrons. The Hall–Kier alpha value is -2.70. The van der Waals surface area contributed by atoms with Gasteiger partial charge in [0.05, 0.1) is 25.7 Å². The van der Waals surface area contributed by atoms with Crippen LogP contribution in [0.3, 0.4) is 0 Å². The first-order valence-electron chi connectivity index (χ1n) is 8.78. The van der Waals surface area contributed by atoms with E-state index in [9.17, 15) is 14.4 Å². The van der Waals surface area contributed by atoms with E-state index in [0.29, 0.717) is 12.3 Å².